The summed E-state index contributed by atoms with van der Waals surface area (Å²) in [5, 5.41) is 10.8. The first-order valence-corrected chi connectivity index (χ1v) is 13.6. The normalized spacial score (nSPS) is 17.6. The third kappa shape index (κ3) is 4.98. The second kappa shape index (κ2) is 10.5. The van der Waals surface area contributed by atoms with Crippen LogP contribution in [0.15, 0.2) is 54.7 Å². The number of aromatic nitrogens is 2. The second-order valence-electron chi connectivity index (χ2n) is 10.6. The van der Waals surface area contributed by atoms with Crippen LogP contribution in [0.2, 0.25) is 0 Å². The van der Waals surface area contributed by atoms with E-state index in [-0.39, 0.29) is 11.9 Å². The summed E-state index contributed by atoms with van der Waals surface area (Å²) in [5.41, 5.74) is 4.22. The van der Waals surface area contributed by atoms with Crippen LogP contribution in [-0.2, 0) is 20.1 Å². The van der Waals surface area contributed by atoms with E-state index in [0.717, 1.165) is 60.4 Å². The van der Waals surface area contributed by atoms with Crippen LogP contribution in [0.1, 0.15) is 40.7 Å². The van der Waals surface area contributed by atoms with E-state index in [1.165, 1.54) is 25.8 Å². The molecule has 9 nitrogen and oxygen atoms in total. The van der Waals surface area contributed by atoms with Crippen molar-refractivity contribution in [1.29, 1.82) is 0 Å². The molecule has 1 saturated carbocycles. The van der Waals surface area contributed by atoms with E-state index < -0.39 is 0 Å². The fourth-order valence-electron chi connectivity index (χ4n) is 5.52. The van der Waals surface area contributed by atoms with Gasteiger partial charge in [-0.3, -0.25) is 14.4 Å². The minimum Gasteiger partial charge on any atom is -0.338 e. The zero-order valence-electron chi connectivity index (χ0n) is 21.9. The molecule has 2 aromatic carbocycles. The third-order valence-electron chi connectivity index (χ3n) is 8.08. The van der Waals surface area contributed by atoms with Crippen molar-refractivity contribution in [1.82, 2.24) is 24.9 Å². The van der Waals surface area contributed by atoms with Gasteiger partial charge in [-0.15, -0.1) is 0 Å². The number of para-hydroxylation sites is 2. The van der Waals surface area contributed by atoms with Crippen molar-refractivity contribution in [3.8, 4) is 0 Å². The molecular weight excluding hydrogens is 478 g/mol. The zero-order chi connectivity index (χ0) is 26.1. The lowest BCUT2D eigenvalue weighted by Gasteiger charge is -2.38. The summed E-state index contributed by atoms with van der Waals surface area (Å²) in [4.78, 5) is 32.5. The van der Waals surface area contributed by atoms with Crippen LogP contribution in [0, 0.1) is 5.92 Å². The second-order valence-corrected chi connectivity index (χ2v) is 10.6. The number of nitrogens with zero attached hydrogens (tertiary/aromatic N) is 5. The Bertz CT molecular complexity index is 1310. The van der Waals surface area contributed by atoms with Crippen molar-refractivity contribution >= 4 is 29.1 Å². The highest BCUT2D eigenvalue weighted by atomic mass is 16.2. The number of hydrogen-bond acceptors (Lipinski definition) is 5. The van der Waals surface area contributed by atoms with Crippen molar-refractivity contribution in [2.45, 2.75) is 32.4 Å². The maximum absolute atomic E-state index is 13.6. The molecule has 2 fully saturated rings. The molecule has 1 saturated heterocycles. The SMILES string of the molecule is Cn1ncc2c1Nc1ccccc1N(C(=O)c1ccc(CNC(=O)N3CCN(CC4CCC4)CC3)cc1)C2. The summed E-state index contributed by atoms with van der Waals surface area (Å²) in [6.45, 7) is 5.51. The van der Waals surface area contributed by atoms with E-state index in [1.54, 1.807) is 15.8 Å². The fourth-order valence-corrected chi connectivity index (χ4v) is 5.52. The Morgan fingerprint density at radius 1 is 1.03 bits per heavy atom. The molecule has 1 aromatic heterocycles. The van der Waals surface area contributed by atoms with Crippen molar-refractivity contribution in [2.75, 3.05) is 42.9 Å². The van der Waals surface area contributed by atoms with Gasteiger partial charge in [-0.2, -0.15) is 5.10 Å². The summed E-state index contributed by atoms with van der Waals surface area (Å²) in [6.07, 6.45) is 5.89. The molecule has 6 rings (SSSR count). The van der Waals surface area contributed by atoms with E-state index in [1.807, 2.05) is 60.5 Å². The molecule has 0 radical (unpaired) electrons. The van der Waals surface area contributed by atoms with Crippen LogP contribution in [-0.4, -0.2) is 64.2 Å². The Morgan fingerprint density at radius 3 is 2.53 bits per heavy atom. The summed E-state index contributed by atoms with van der Waals surface area (Å²) < 4.78 is 1.79. The number of aryl methyl sites for hydroxylation is 1. The van der Waals surface area contributed by atoms with Gasteiger partial charge in [0.15, 0.2) is 0 Å². The van der Waals surface area contributed by atoms with Crippen LogP contribution in [0.3, 0.4) is 0 Å². The maximum Gasteiger partial charge on any atom is 0.317 e. The predicted octanol–water partition coefficient (Wildman–Crippen LogP) is 3.95. The number of benzene rings is 2. The third-order valence-corrected chi connectivity index (χ3v) is 8.08. The molecule has 0 spiro atoms. The summed E-state index contributed by atoms with van der Waals surface area (Å²) in [7, 11) is 1.89. The minimum atomic E-state index is -0.0775. The zero-order valence-corrected chi connectivity index (χ0v) is 21.9. The van der Waals surface area contributed by atoms with Crippen LogP contribution in [0.4, 0.5) is 22.0 Å². The van der Waals surface area contributed by atoms with Crippen LogP contribution in [0.25, 0.3) is 0 Å². The Labute approximate surface area is 223 Å². The van der Waals surface area contributed by atoms with Gasteiger partial charge in [0.2, 0.25) is 0 Å². The smallest absolute Gasteiger partial charge is 0.317 e. The lowest BCUT2D eigenvalue weighted by atomic mass is 9.85. The first kappa shape index (κ1) is 24.5. The number of urea groups is 1. The average Bonchev–Trinajstić information content (AvgIpc) is 3.17. The first-order valence-electron chi connectivity index (χ1n) is 13.6. The number of amides is 3. The van der Waals surface area contributed by atoms with E-state index in [2.05, 4.69) is 20.6 Å². The highest BCUT2D eigenvalue weighted by Crippen LogP contribution is 2.36. The molecule has 2 N–H and O–H groups in total. The van der Waals surface area contributed by atoms with E-state index in [9.17, 15) is 9.59 Å². The highest BCUT2D eigenvalue weighted by molar-refractivity contribution is 6.08. The maximum atomic E-state index is 13.6. The van der Waals surface area contributed by atoms with Crippen molar-refractivity contribution < 1.29 is 9.59 Å². The standard InChI is InChI=1S/C29H35N7O2/c1-33-27-24(18-31-33)20-36(26-8-3-2-7-25(26)32-27)28(37)23-11-9-21(10-12-23)17-30-29(38)35-15-13-34(14-16-35)19-22-5-4-6-22/h2-3,7-12,18,22,32H,4-6,13-17,19-20H2,1H3,(H,30,38). The number of anilines is 3. The molecule has 2 aliphatic heterocycles. The quantitative estimate of drug-likeness (QED) is 0.540. The molecule has 3 aromatic rings. The van der Waals surface area contributed by atoms with Gasteiger partial charge in [0.25, 0.3) is 5.91 Å². The van der Waals surface area contributed by atoms with Crippen LogP contribution >= 0.6 is 0 Å². The average molecular weight is 514 g/mol. The van der Waals surface area contributed by atoms with Gasteiger partial charge in [-0.25, -0.2) is 4.79 Å². The van der Waals surface area contributed by atoms with E-state index in [0.29, 0.717) is 18.7 Å². The van der Waals surface area contributed by atoms with Gasteiger partial charge in [0.1, 0.15) is 5.82 Å². The Hall–Kier alpha value is -3.85. The monoisotopic (exact) mass is 513 g/mol. The predicted molar refractivity (Wildman–Crippen MR) is 147 cm³/mol. The minimum absolute atomic E-state index is 0.0191. The van der Waals surface area contributed by atoms with Gasteiger partial charge in [0.05, 0.1) is 24.1 Å². The topological polar surface area (TPSA) is 85.7 Å². The van der Waals surface area contributed by atoms with Gasteiger partial charge in [-0.1, -0.05) is 30.7 Å². The number of nitrogens with one attached hydrogen (secondary N) is 2. The lowest BCUT2D eigenvalue weighted by Crippen LogP contribution is -2.52. The van der Waals surface area contributed by atoms with Crippen molar-refractivity contribution in [3.63, 3.8) is 0 Å². The Balaban J connectivity index is 1.06. The molecule has 38 heavy (non-hydrogen) atoms. The molecule has 198 valence electrons. The van der Waals surface area contributed by atoms with Gasteiger partial charge >= 0.3 is 6.03 Å². The number of carbonyl (C=O) groups is 2. The molecule has 0 bridgehead atoms. The van der Waals surface area contributed by atoms with Crippen LogP contribution < -0.4 is 15.5 Å². The molecule has 3 aliphatic rings. The fraction of sp³-hybridized carbons (Fsp3) is 0.414. The molecule has 3 amide bonds. The Kier molecular flexibility index (Phi) is 6.76. The molecule has 0 atom stereocenters. The molecule has 0 unspecified atom stereocenters. The number of fused-ring (bicyclic) bond motifs is 2. The van der Waals surface area contributed by atoms with Crippen LogP contribution in [0.5, 0.6) is 0 Å². The van der Waals surface area contributed by atoms with Gasteiger partial charge in [0, 0.05) is 57.4 Å². The first-order chi connectivity index (χ1) is 18.5. The number of piperazine rings is 1. The summed E-state index contributed by atoms with van der Waals surface area (Å²) >= 11 is 0. The Morgan fingerprint density at radius 2 is 1.79 bits per heavy atom. The number of hydrogen-bond donors (Lipinski definition) is 2. The molecular formula is C29H35N7O2. The number of carbonyl (C=O) groups excluding carboxylic acids is 2. The van der Waals surface area contributed by atoms with Gasteiger partial charge in [-0.05, 0) is 48.6 Å². The number of rotatable bonds is 5. The summed E-state index contributed by atoms with van der Waals surface area (Å²) in [6, 6.07) is 15.3. The molecule has 9 heteroatoms. The van der Waals surface area contributed by atoms with Gasteiger partial charge < -0.3 is 20.4 Å². The largest absolute Gasteiger partial charge is 0.338 e. The molecule has 3 heterocycles. The molecule has 1 aliphatic carbocycles. The lowest BCUT2D eigenvalue weighted by molar-refractivity contribution is 0.0985. The van der Waals surface area contributed by atoms with E-state index in [4.69, 9.17) is 0 Å². The van der Waals surface area contributed by atoms with Crippen molar-refractivity contribution in [3.05, 3.63) is 71.4 Å². The van der Waals surface area contributed by atoms with Crippen molar-refractivity contribution in [2.24, 2.45) is 13.0 Å². The summed E-state index contributed by atoms with van der Waals surface area (Å²) in [5.74, 6) is 1.67. The van der Waals surface area contributed by atoms with E-state index >= 15 is 0 Å². The highest BCUT2D eigenvalue weighted by Gasteiger charge is 2.27.